The number of nitrogens with zero attached hydrogens (tertiary/aromatic N) is 4. The van der Waals surface area contributed by atoms with E-state index in [-0.39, 0.29) is 5.28 Å². The first-order chi connectivity index (χ1) is 9.67. The number of fused-ring (bicyclic) bond motifs is 1. The van der Waals surface area contributed by atoms with Gasteiger partial charge in [-0.1, -0.05) is 19.1 Å². The van der Waals surface area contributed by atoms with Crippen LogP contribution in [0.3, 0.4) is 0 Å². The van der Waals surface area contributed by atoms with Crippen molar-refractivity contribution in [1.29, 1.82) is 0 Å². The van der Waals surface area contributed by atoms with E-state index in [1.54, 1.807) is 4.68 Å². The zero-order valence-electron chi connectivity index (χ0n) is 11.3. The first-order valence-electron chi connectivity index (χ1n) is 6.39. The van der Waals surface area contributed by atoms with Crippen molar-refractivity contribution < 1.29 is 0 Å². The van der Waals surface area contributed by atoms with Crippen LogP contribution in [-0.4, -0.2) is 19.7 Å². The first-order valence-corrected chi connectivity index (χ1v) is 6.77. The van der Waals surface area contributed by atoms with E-state index < -0.39 is 0 Å². The van der Waals surface area contributed by atoms with Gasteiger partial charge in [0.25, 0.3) is 0 Å². The highest BCUT2D eigenvalue weighted by Gasteiger charge is 2.10. The van der Waals surface area contributed by atoms with Crippen molar-refractivity contribution in [3.05, 3.63) is 41.4 Å². The Balaban J connectivity index is 2.10. The molecule has 6 heteroatoms. The second-order valence-corrected chi connectivity index (χ2v) is 4.84. The molecule has 0 aliphatic carbocycles. The zero-order valence-corrected chi connectivity index (χ0v) is 12.0. The van der Waals surface area contributed by atoms with Crippen molar-refractivity contribution in [3.63, 3.8) is 0 Å². The standard InChI is InChI=1S/C14H14ClN5/c1-3-10-12(8-20(2)19-10)16-13-9-6-4-5-7-11(9)17-14(15)18-13/h4-8H,3H2,1-2H3,(H,16,17,18). The average Bonchev–Trinajstić information content (AvgIpc) is 2.78. The van der Waals surface area contributed by atoms with E-state index in [4.69, 9.17) is 11.6 Å². The molecule has 2 aromatic heterocycles. The molecule has 1 aromatic carbocycles. The third-order valence-electron chi connectivity index (χ3n) is 3.07. The third-order valence-corrected chi connectivity index (χ3v) is 3.24. The second kappa shape index (κ2) is 5.09. The highest BCUT2D eigenvalue weighted by Crippen LogP contribution is 2.26. The predicted molar refractivity (Wildman–Crippen MR) is 80.4 cm³/mol. The summed E-state index contributed by atoms with van der Waals surface area (Å²) >= 11 is 5.99. The summed E-state index contributed by atoms with van der Waals surface area (Å²) in [6.07, 6.45) is 2.78. The maximum atomic E-state index is 5.99. The summed E-state index contributed by atoms with van der Waals surface area (Å²) in [6.45, 7) is 2.07. The van der Waals surface area contributed by atoms with Crippen LogP contribution in [0.25, 0.3) is 10.9 Å². The van der Waals surface area contributed by atoms with Gasteiger partial charge in [0.15, 0.2) is 0 Å². The Morgan fingerprint density at radius 3 is 2.85 bits per heavy atom. The molecule has 0 aliphatic rings. The highest BCUT2D eigenvalue weighted by atomic mass is 35.5. The van der Waals surface area contributed by atoms with Crippen LogP contribution in [0.5, 0.6) is 0 Å². The SMILES string of the molecule is CCc1nn(C)cc1Nc1nc(Cl)nc2ccccc12. The Morgan fingerprint density at radius 1 is 1.25 bits per heavy atom. The maximum Gasteiger partial charge on any atom is 0.224 e. The molecule has 1 N–H and O–H groups in total. The van der Waals surface area contributed by atoms with Crippen LogP contribution in [-0.2, 0) is 13.5 Å². The normalized spacial score (nSPS) is 10.9. The minimum absolute atomic E-state index is 0.230. The van der Waals surface area contributed by atoms with Gasteiger partial charge in [-0.05, 0) is 30.2 Å². The molecule has 2 heterocycles. The molecular weight excluding hydrogens is 274 g/mol. The van der Waals surface area contributed by atoms with Crippen LogP contribution in [0.15, 0.2) is 30.5 Å². The number of hydrogen-bond acceptors (Lipinski definition) is 4. The smallest absolute Gasteiger partial charge is 0.224 e. The van der Waals surface area contributed by atoms with Crippen LogP contribution in [0.2, 0.25) is 5.28 Å². The zero-order chi connectivity index (χ0) is 14.1. The molecule has 0 radical (unpaired) electrons. The summed E-state index contributed by atoms with van der Waals surface area (Å²) in [6, 6.07) is 7.76. The molecule has 0 unspecified atom stereocenters. The number of rotatable bonds is 3. The van der Waals surface area contributed by atoms with Crippen molar-refractivity contribution in [2.75, 3.05) is 5.32 Å². The van der Waals surface area contributed by atoms with Gasteiger partial charge in [-0.3, -0.25) is 4.68 Å². The van der Waals surface area contributed by atoms with E-state index in [0.29, 0.717) is 5.82 Å². The van der Waals surface area contributed by atoms with Crippen molar-refractivity contribution in [1.82, 2.24) is 19.7 Å². The van der Waals surface area contributed by atoms with Crippen LogP contribution in [0.1, 0.15) is 12.6 Å². The quantitative estimate of drug-likeness (QED) is 0.751. The average molecular weight is 288 g/mol. The number of anilines is 2. The summed E-state index contributed by atoms with van der Waals surface area (Å²) in [5.74, 6) is 0.698. The van der Waals surface area contributed by atoms with E-state index in [1.807, 2.05) is 37.5 Å². The lowest BCUT2D eigenvalue weighted by Gasteiger charge is -2.08. The van der Waals surface area contributed by atoms with E-state index >= 15 is 0 Å². The molecule has 20 heavy (non-hydrogen) atoms. The molecule has 0 spiro atoms. The molecule has 102 valence electrons. The Bertz CT molecular complexity index is 765. The van der Waals surface area contributed by atoms with Crippen molar-refractivity contribution in [3.8, 4) is 0 Å². The third kappa shape index (κ3) is 2.32. The summed E-state index contributed by atoms with van der Waals surface area (Å²) < 4.78 is 1.78. The summed E-state index contributed by atoms with van der Waals surface area (Å²) in [5.41, 5.74) is 2.75. The van der Waals surface area contributed by atoms with Crippen molar-refractivity contribution in [2.45, 2.75) is 13.3 Å². The number of benzene rings is 1. The molecule has 0 fully saturated rings. The molecule has 0 atom stereocenters. The number of aryl methyl sites for hydroxylation is 2. The molecule has 3 aromatic rings. The molecular formula is C14H14ClN5. The summed E-state index contributed by atoms with van der Waals surface area (Å²) in [5, 5.41) is 8.88. The highest BCUT2D eigenvalue weighted by molar-refractivity contribution is 6.28. The largest absolute Gasteiger partial charge is 0.337 e. The van der Waals surface area contributed by atoms with Crippen molar-refractivity contribution in [2.24, 2.45) is 7.05 Å². The summed E-state index contributed by atoms with van der Waals surface area (Å²) in [4.78, 5) is 8.51. The van der Waals surface area contributed by atoms with Gasteiger partial charge in [0, 0.05) is 18.6 Å². The fraction of sp³-hybridized carbons (Fsp3) is 0.214. The van der Waals surface area contributed by atoms with Crippen LogP contribution >= 0.6 is 11.6 Å². The molecule has 0 saturated heterocycles. The van der Waals surface area contributed by atoms with E-state index in [9.17, 15) is 0 Å². The van der Waals surface area contributed by atoms with Gasteiger partial charge in [0.05, 0.1) is 16.9 Å². The Kier molecular flexibility index (Phi) is 3.28. The molecule has 0 aliphatic heterocycles. The van der Waals surface area contributed by atoms with Gasteiger partial charge < -0.3 is 5.32 Å². The maximum absolute atomic E-state index is 5.99. The van der Waals surface area contributed by atoms with Crippen LogP contribution < -0.4 is 5.32 Å². The molecule has 5 nitrogen and oxygen atoms in total. The lowest BCUT2D eigenvalue weighted by atomic mass is 10.2. The predicted octanol–water partition coefficient (Wildman–Crippen LogP) is 3.32. The number of para-hydroxylation sites is 1. The Morgan fingerprint density at radius 2 is 2.05 bits per heavy atom. The lowest BCUT2D eigenvalue weighted by molar-refractivity contribution is 0.746. The Labute approximate surface area is 121 Å². The van der Waals surface area contributed by atoms with Gasteiger partial charge >= 0.3 is 0 Å². The Hall–Kier alpha value is -2.14. The van der Waals surface area contributed by atoms with E-state index in [2.05, 4.69) is 27.3 Å². The van der Waals surface area contributed by atoms with Crippen molar-refractivity contribution >= 4 is 34.0 Å². The van der Waals surface area contributed by atoms with Crippen LogP contribution in [0, 0.1) is 0 Å². The van der Waals surface area contributed by atoms with Gasteiger partial charge in [-0.15, -0.1) is 0 Å². The van der Waals surface area contributed by atoms with E-state index in [0.717, 1.165) is 28.7 Å². The van der Waals surface area contributed by atoms with Gasteiger partial charge in [-0.25, -0.2) is 4.98 Å². The number of nitrogens with one attached hydrogen (secondary N) is 1. The minimum atomic E-state index is 0.230. The van der Waals surface area contributed by atoms with Gasteiger partial charge in [0.1, 0.15) is 5.82 Å². The number of hydrogen-bond donors (Lipinski definition) is 1. The van der Waals surface area contributed by atoms with E-state index in [1.165, 1.54) is 0 Å². The second-order valence-electron chi connectivity index (χ2n) is 4.50. The lowest BCUT2D eigenvalue weighted by Crippen LogP contribution is -1.98. The molecule has 0 bridgehead atoms. The first kappa shape index (κ1) is 12.9. The number of halogens is 1. The summed E-state index contributed by atoms with van der Waals surface area (Å²) in [7, 11) is 1.90. The fourth-order valence-electron chi connectivity index (χ4n) is 2.17. The van der Waals surface area contributed by atoms with Gasteiger partial charge in [0.2, 0.25) is 5.28 Å². The fourth-order valence-corrected chi connectivity index (χ4v) is 2.35. The van der Waals surface area contributed by atoms with Crippen LogP contribution in [0.4, 0.5) is 11.5 Å². The minimum Gasteiger partial charge on any atom is -0.337 e. The topological polar surface area (TPSA) is 55.6 Å². The van der Waals surface area contributed by atoms with Gasteiger partial charge in [-0.2, -0.15) is 10.1 Å². The molecule has 0 amide bonds. The molecule has 3 rings (SSSR count). The molecule has 0 saturated carbocycles. The monoisotopic (exact) mass is 287 g/mol. The number of aromatic nitrogens is 4.